The Bertz CT molecular complexity index is 1020. The topological polar surface area (TPSA) is 68.4 Å². The van der Waals surface area contributed by atoms with Crippen molar-refractivity contribution < 1.29 is 40.6 Å². The highest BCUT2D eigenvalue weighted by Gasteiger charge is 2.44. The predicted octanol–water partition coefficient (Wildman–Crippen LogP) is 6.35. The van der Waals surface area contributed by atoms with Gasteiger partial charge >= 0.3 is 12.3 Å². The largest absolute Gasteiger partial charge is 0.573 e. The Morgan fingerprint density at radius 1 is 0.853 bits per heavy atom. The summed E-state index contributed by atoms with van der Waals surface area (Å²) in [5.41, 5.74) is 3.50. The van der Waals surface area contributed by atoms with Gasteiger partial charge in [0.2, 0.25) is 0 Å². The molecule has 3 N–H and O–H groups in total. The first kappa shape index (κ1) is 28.9. The molecule has 34 heavy (non-hydrogen) atoms. The lowest BCUT2D eigenvalue weighted by Crippen LogP contribution is -2.25. The van der Waals surface area contributed by atoms with Gasteiger partial charge in [-0.15, -0.1) is 13.2 Å². The van der Waals surface area contributed by atoms with Crippen molar-refractivity contribution in [2.75, 3.05) is 7.05 Å². The first-order chi connectivity index (χ1) is 16.0. The maximum absolute atomic E-state index is 14.6. The smallest absolute Gasteiger partial charge is 0.406 e. The van der Waals surface area contributed by atoms with Gasteiger partial charge in [-0.2, -0.15) is 8.78 Å². The zero-order valence-corrected chi connectivity index (χ0v) is 18.4. The number of hydrogen-bond acceptors (Lipinski definition) is 4. The number of hydrogen-bond donors (Lipinski definition) is 2. The summed E-state index contributed by atoms with van der Waals surface area (Å²) in [5, 5.41) is 9.92. The number of aromatic nitrogens is 1. The van der Waals surface area contributed by atoms with Crippen molar-refractivity contribution in [1.82, 2.24) is 4.98 Å². The Labute approximate surface area is 191 Å². The fraction of sp³-hybridized carbons (Fsp3) is 0.261. The van der Waals surface area contributed by atoms with Gasteiger partial charge in [0.05, 0.1) is 0 Å². The monoisotopic (exact) mass is 492 g/mol. The molecule has 1 unspecified atom stereocenters. The highest BCUT2D eigenvalue weighted by atomic mass is 19.4. The van der Waals surface area contributed by atoms with E-state index < -0.39 is 47.0 Å². The first-order valence-electron chi connectivity index (χ1n) is 9.88. The van der Waals surface area contributed by atoms with Crippen LogP contribution in [0.5, 0.6) is 5.75 Å². The molecule has 1 heterocycles. The van der Waals surface area contributed by atoms with Crippen LogP contribution in [0.15, 0.2) is 60.8 Å². The Morgan fingerprint density at radius 3 is 1.88 bits per heavy atom. The van der Waals surface area contributed by atoms with Crippen LogP contribution in [0, 0.1) is 11.6 Å². The molecule has 186 valence electrons. The molecule has 11 heteroatoms. The Morgan fingerprint density at radius 2 is 1.41 bits per heavy atom. The molecule has 0 aliphatic heterocycles. The summed E-state index contributed by atoms with van der Waals surface area (Å²) in [6.45, 7) is 4.00. The number of rotatable bonds is 5. The molecular formula is C23H23F7N2O2. The molecule has 0 fully saturated rings. The van der Waals surface area contributed by atoms with E-state index in [1.807, 2.05) is 13.8 Å². The van der Waals surface area contributed by atoms with Crippen LogP contribution in [0.4, 0.5) is 30.7 Å². The van der Waals surface area contributed by atoms with Gasteiger partial charge in [0.25, 0.3) is 0 Å². The molecule has 0 radical (unpaired) electrons. The summed E-state index contributed by atoms with van der Waals surface area (Å²) in [5.74, 6) is -6.77. The molecule has 0 aliphatic carbocycles. The average molecular weight is 492 g/mol. The van der Waals surface area contributed by atoms with Crippen LogP contribution in [0.3, 0.4) is 0 Å². The van der Waals surface area contributed by atoms with E-state index in [0.717, 1.165) is 30.5 Å². The second-order valence-electron chi connectivity index (χ2n) is 6.20. The van der Waals surface area contributed by atoms with Crippen LogP contribution < -0.4 is 10.5 Å². The molecule has 0 bridgehead atoms. The number of aliphatic hydroxyl groups excluding tert-OH is 1. The Kier molecular flexibility index (Phi) is 10.5. The van der Waals surface area contributed by atoms with Gasteiger partial charge in [0, 0.05) is 23.4 Å². The highest BCUT2D eigenvalue weighted by Crippen LogP contribution is 2.40. The molecular weight excluding hydrogens is 469 g/mol. The zero-order chi connectivity index (χ0) is 26.1. The summed E-state index contributed by atoms with van der Waals surface area (Å²) in [4.78, 5) is 3.58. The van der Waals surface area contributed by atoms with Crippen molar-refractivity contribution in [3.05, 3.63) is 83.7 Å². The predicted molar refractivity (Wildman–Crippen MR) is 113 cm³/mol. The van der Waals surface area contributed by atoms with Crippen LogP contribution in [-0.2, 0) is 5.92 Å². The van der Waals surface area contributed by atoms with Crippen molar-refractivity contribution in [2.24, 2.45) is 5.73 Å². The number of nitrogens with zero attached hydrogens (tertiary/aromatic N) is 1. The van der Waals surface area contributed by atoms with Gasteiger partial charge in [-0.25, -0.2) is 8.78 Å². The highest BCUT2D eigenvalue weighted by molar-refractivity contribution is 5.63. The maximum Gasteiger partial charge on any atom is 0.573 e. The van der Waals surface area contributed by atoms with Gasteiger partial charge in [-0.05, 0) is 36.9 Å². The van der Waals surface area contributed by atoms with E-state index in [1.165, 1.54) is 25.2 Å². The molecule has 3 aromatic rings. The molecule has 0 amide bonds. The lowest BCUT2D eigenvalue weighted by atomic mass is 9.99. The summed E-state index contributed by atoms with van der Waals surface area (Å²) in [7, 11) is 1.50. The van der Waals surface area contributed by atoms with Crippen LogP contribution in [0.2, 0.25) is 0 Å². The Balaban J connectivity index is 0.00000137. The van der Waals surface area contributed by atoms with E-state index in [4.69, 9.17) is 0 Å². The van der Waals surface area contributed by atoms with Crippen molar-refractivity contribution in [3.63, 3.8) is 0 Å². The average Bonchev–Trinajstić information content (AvgIpc) is 2.81. The van der Waals surface area contributed by atoms with Crippen molar-refractivity contribution in [3.8, 4) is 16.9 Å². The second-order valence-corrected chi connectivity index (χ2v) is 6.20. The van der Waals surface area contributed by atoms with Crippen LogP contribution in [0.1, 0.15) is 31.2 Å². The number of alkyl halides is 5. The number of halogens is 7. The van der Waals surface area contributed by atoms with E-state index in [0.29, 0.717) is 23.3 Å². The number of benzene rings is 2. The second kappa shape index (κ2) is 12.3. The van der Waals surface area contributed by atoms with Gasteiger partial charge in [0.1, 0.15) is 23.1 Å². The third kappa shape index (κ3) is 7.42. The lowest BCUT2D eigenvalue weighted by molar-refractivity contribution is -0.274. The van der Waals surface area contributed by atoms with E-state index in [9.17, 15) is 35.8 Å². The van der Waals surface area contributed by atoms with Gasteiger partial charge in [-0.1, -0.05) is 38.1 Å². The molecule has 0 aliphatic rings. The maximum atomic E-state index is 14.6. The Hall–Kier alpha value is -3.18. The molecule has 0 saturated heterocycles. The zero-order valence-electron chi connectivity index (χ0n) is 18.4. The minimum Gasteiger partial charge on any atom is -0.406 e. The minimum atomic E-state index is -4.85. The third-order valence-electron chi connectivity index (χ3n) is 4.13. The fourth-order valence-electron chi connectivity index (χ4n) is 2.67. The quantitative estimate of drug-likeness (QED) is 0.407. The fourth-order valence-corrected chi connectivity index (χ4v) is 2.67. The number of ether oxygens (including phenoxy) is 1. The van der Waals surface area contributed by atoms with Gasteiger partial charge in [0.15, 0.2) is 6.10 Å². The molecule has 3 rings (SSSR count). The van der Waals surface area contributed by atoms with E-state index >= 15 is 0 Å². The molecule has 0 spiro atoms. The van der Waals surface area contributed by atoms with Crippen LogP contribution in [0.25, 0.3) is 11.1 Å². The molecule has 1 aromatic heterocycles. The van der Waals surface area contributed by atoms with Crippen molar-refractivity contribution >= 4 is 0 Å². The molecule has 1 atom stereocenters. The number of pyridine rings is 1. The molecule has 2 aromatic carbocycles. The molecule has 0 saturated carbocycles. The first-order valence-corrected chi connectivity index (χ1v) is 9.88. The van der Waals surface area contributed by atoms with Crippen molar-refractivity contribution in [2.45, 2.75) is 32.2 Å². The van der Waals surface area contributed by atoms with Crippen molar-refractivity contribution in [1.29, 1.82) is 0 Å². The standard InChI is InChI=1S/C20H12F7NO2.C2H6.CH5N/c21-13-4-7-15(16(22)9-13)18(29)19(23,24)17-8-3-12(10-28-17)11-1-5-14(6-2-11)30-20(25,26)27;2*1-2/h1-10,18,29H;1-2H3;2H2,1H3. The number of aliphatic hydroxyl groups is 1. The van der Waals surface area contributed by atoms with E-state index in [2.05, 4.69) is 15.5 Å². The minimum absolute atomic E-state index is 0.301. The third-order valence-corrected chi connectivity index (χ3v) is 4.13. The van der Waals surface area contributed by atoms with Crippen LogP contribution in [-0.4, -0.2) is 23.5 Å². The van der Waals surface area contributed by atoms with Crippen LogP contribution >= 0.6 is 0 Å². The lowest BCUT2D eigenvalue weighted by Gasteiger charge is -2.23. The van der Waals surface area contributed by atoms with Gasteiger partial charge in [-0.3, -0.25) is 4.98 Å². The summed E-state index contributed by atoms with van der Waals surface area (Å²) in [6.07, 6.45) is -6.44. The SMILES string of the molecule is CC.CN.OC(c1ccc(F)cc1F)C(F)(F)c1ccc(-c2ccc(OC(F)(F)F)cc2)cn1. The summed E-state index contributed by atoms with van der Waals surface area (Å²) in [6, 6.07) is 8.57. The molecule has 4 nitrogen and oxygen atoms in total. The summed E-state index contributed by atoms with van der Waals surface area (Å²) >= 11 is 0. The van der Waals surface area contributed by atoms with Gasteiger partial charge < -0.3 is 15.6 Å². The van der Waals surface area contributed by atoms with E-state index in [-0.39, 0.29) is 0 Å². The van der Waals surface area contributed by atoms with E-state index in [1.54, 1.807) is 0 Å². The normalized spacial score (nSPS) is 12.0. The number of nitrogens with two attached hydrogens (primary N) is 1. The summed E-state index contributed by atoms with van der Waals surface area (Å²) < 4.78 is 96.1.